The van der Waals surface area contributed by atoms with E-state index >= 15 is 0 Å². The fraction of sp³-hybridized carbons (Fsp3) is 1.00. The van der Waals surface area contributed by atoms with Crippen LogP contribution in [0.1, 0.15) is 12.8 Å². The molecule has 2 nitrogen and oxygen atoms in total. The summed E-state index contributed by atoms with van der Waals surface area (Å²) in [5, 5.41) is 8.51. The molecule has 0 aromatic heterocycles. The molecule has 2 heteroatoms. The number of rotatable bonds is 0. The van der Waals surface area contributed by atoms with Crippen molar-refractivity contribution < 1.29 is 9.84 Å². The lowest BCUT2D eigenvalue weighted by molar-refractivity contribution is -0.0589. The first-order valence-corrected chi connectivity index (χ1v) is 2.19. The van der Waals surface area contributed by atoms with Crippen LogP contribution >= 0.6 is 0 Å². The summed E-state index contributed by atoms with van der Waals surface area (Å²) in [5.41, 5.74) is 0. The van der Waals surface area contributed by atoms with Crippen molar-refractivity contribution >= 4 is 0 Å². The number of hydrogen-bond donors (Lipinski definition) is 1. The Hall–Kier alpha value is -0.0800. The second-order valence-electron chi connectivity index (χ2n) is 1.47. The van der Waals surface area contributed by atoms with E-state index in [9.17, 15) is 0 Å². The number of aliphatic hydroxyl groups excluding tert-OH is 1. The maximum Gasteiger partial charge on any atom is 0.154 e. The van der Waals surface area contributed by atoms with Crippen LogP contribution in [-0.4, -0.2) is 18.0 Å². The molecule has 1 rings (SSSR count). The Morgan fingerprint density at radius 1 is 1.67 bits per heavy atom. The highest BCUT2D eigenvalue weighted by Crippen LogP contribution is 2.06. The minimum absolute atomic E-state index is 0.454. The van der Waals surface area contributed by atoms with Crippen molar-refractivity contribution in [3.63, 3.8) is 0 Å². The van der Waals surface area contributed by atoms with Gasteiger partial charge in [-0.05, 0) is 6.42 Å². The van der Waals surface area contributed by atoms with Gasteiger partial charge in [-0.25, -0.2) is 0 Å². The van der Waals surface area contributed by atoms with Crippen molar-refractivity contribution in [2.75, 3.05) is 6.61 Å². The molecule has 0 amide bonds. The third-order valence-corrected chi connectivity index (χ3v) is 0.906. The Bertz CT molecular complexity index is 38.8. The summed E-state index contributed by atoms with van der Waals surface area (Å²) in [6.45, 7) is 0.737. The van der Waals surface area contributed by atoms with Crippen LogP contribution in [-0.2, 0) is 4.74 Å². The molecule has 1 atom stereocenters. The predicted molar refractivity (Wildman–Crippen MR) is 21.2 cm³/mol. The molecule has 1 fully saturated rings. The van der Waals surface area contributed by atoms with Gasteiger partial charge in [-0.1, -0.05) is 0 Å². The molecular formula is C4H8O2. The first-order valence-electron chi connectivity index (χ1n) is 2.19. The van der Waals surface area contributed by atoms with Gasteiger partial charge in [0.2, 0.25) is 0 Å². The summed E-state index contributed by atoms with van der Waals surface area (Å²) in [7, 11) is 0. The van der Waals surface area contributed by atoms with Gasteiger partial charge >= 0.3 is 0 Å². The van der Waals surface area contributed by atoms with Gasteiger partial charge < -0.3 is 9.84 Å². The number of aliphatic hydroxyl groups is 1. The molecule has 0 aliphatic carbocycles. The van der Waals surface area contributed by atoms with Gasteiger partial charge in [0.05, 0.1) is 0 Å². The molecule has 0 bridgehead atoms. The summed E-state index contributed by atoms with van der Waals surface area (Å²) in [5.74, 6) is 0. The Morgan fingerprint density at radius 3 is 2.67 bits per heavy atom. The van der Waals surface area contributed by atoms with Crippen molar-refractivity contribution in [1.82, 2.24) is 0 Å². The second-order valence-corrected chi connectivity index (χ2v) is 1.47. The zero-order chi connectivity index (χ0) is 4.41. The largest absolute Gasteiger partial charge is 0.368 e. The van der Waals surface area contributed by atoms with E-state index in [2.05, 4.69) is 0 Å². The standard InChI is InChI=1S/C4H8O2/c5-4-2-1-3-6-4/h4-5H,1-3H2/t4-/m1/s1. The van der Waals surface area contributed by atoms with Crippen LogP contribution in [0, 0.1) is 0 Å². The van der Waals surface area contributed by atoms with E-state index in [1.807, 2.05) is 0 Å². The van der Waals surface area contributed by atoms with Crippen LogP contribution in [0.3, 0.4) is 0 Å². The quantitative estimate of drug-likeness (QED) is 0.455. The first-order chi connectivity index (χ1) is 2.89. The lowest BCUT2D eigenvalue weighted by atomic mass is 10.4. The summed E-state index contributed by atoms with van der Waals surface area (Å²) >= 11 is 0. The molecule has 1 saturated heterocycles. The van der Waals surface area contributed by atoms with Gasteiger partial charge in [-0.15, -0.1) is 0 Å². The lowest BCUT2D eigenvalue weighted by Crippen LogP contribution is -1.99. The highest BCUT2D eigenvalue weighted by Gasteiger charge is 2.09. The summed E-state index contributed by atoms with van der Waals surface area (Å²) < 4.78 is 4.71. The molecule has 1 aliphatic heterocycles. The van der Waals surface area contributed by atoms with Gasteiger partial charge in [-0.2, -0.15) is 0 Å². The van der Waals surface area contributed by atoms with E-state index in [1.54, 1.807) is 0 Å². The highest BCUT2D eigenvalue weighted by atomic mass is 16.6. The Labute approximate surface area is 36.7 Å². The average Bonchev–Trinajstić information content (AvgIpc) is 1.86. The molecule has 0 unspecified atom stereocenters. The second kappa shape index (κ2) is 1.58. The monoisotopic (exact) mass is 88.1 g/mol. The zero-order valence-corrected chi connectivity index (χ0v) is 3.55. The maximum absolute atomic E-state index is 8.51. The zero-order valence-electron chi connectivity index (χ0n) is 3.55. The van der Waals surface area contributed by atoms with E-state index in [4.69, 9.17) is 9.84 Å². The van der Waals surface area contributed by atoms with Crippen molar-refractivity contribution in [3.8, 4) is 0 Å². The Morgan fingerprint density at radius 2 is 2.50 bits per heavy atom. The smallest absolute Gasteiger partial charge is 0.154 e. The van der Waals surface area contributed by atoms with Gasteiger partial charge in [0.25, 0.3) is 0 Å². The number of hydrogen-bond acceptors (Lipinski definition) is 2. The number of ether oxygens (including phenoxy) is 1. The molecule has 1 N–H and O–H groups in total. The maximum atomic E-state index is 8.51. The molecule has 0 saturated carbocycles. The highest BCUT2D eigenvalue weighted by molar-refractivity contribution is 4.49. The topological polar surface area (TPSA) is 29.5 Å². The van der Waals surface area contributed by atoms with Crippen LogP contribution in [0.2, 0.25) is 0 Å². The Kier molecular flexibility index (Phi) is 1.08. The molecule has 6 heavy (non-hydrogen) atoms. The normalized spacial score (nSPS) is 34.5. The molecule has 1 heterocycles. The first kappa shape index (κ1) is 4.09. The Balaban J connectivity index is 2.18. The van der Waals surface area contributed by atoms with Crippen LogP contribution in [0.15, 0.2) is 0 Å². The predicted octanol–water partition coefficient (Wildman–Crippen LogP) is 0.115. The molecule has 1 aliphatic rings. The van der Waals surface area contributed by atoms with Crippen molar-refractivity contribution in [2.45, 2.75) is 19.1 Å². The molecule has 0 aromatic rings. The van der Waals surface area contributed by atoms with E-state index in [-0.39, 0.29) is 0 Å². The molecule has 0 radical (unpaired) electrons. The van der Waals surface area contributed by atoms with Gasteiger partial charge in [0.15, 0.2) is 6.29 Å². The minimum atomic E-state index is -0.454. The van der Waals surface area contributed by atoms with E-state index in [1.165, 1.54) is 0 Å². The fourth-order valence-corrected chi connectivity index (χ4v) is 0.561. The lowest BCUT2D eigenvalue weighted by Gasteiger charge is -1.93. The van der Waals surface area contributed by atoms with Crippen LogP contribution < -0.4 is 0 Å². The van der Waals surface area contributed by atoms with E-state index in [0.717, 1.165) is 19.4 Å². The summed E-state index contributed by atoms with van der Waals surface area (Å²) in [4.78, 5) is 0. The van der Waals surface area contributed by atoms with Crippen molar-refractivity contribution in [3.05, 3.63) is 0 Å². The van der Waals surface area contributed by atoms with Crippen molar-refractivity contribution in [1.29, 1.82) is 0 Å². The van der Waals surface area contributed by atoms with Crippen LogP contribution in [0.4, 0.5) is 0 Å². The molecular weight excluding hydrogens is 80.0 g/mol. The average molecular weight is 88.1 g/mol. The minimum Gasteiger partial charge on any atom is -0.368 e. The summed E-state index contributed by atoms with van der Waals surface area (Å²) in [6, 6.07) is 0. The SMILES string of the molecule is O[C@H]1CCCO1. The molecule has 0 aromatic carbocycles. The van der Waals surface area contributed by atoms with Crippen molar-refractivity contribution in [2.24, 2.45) is 0 Å². The molecule has 36 valence electrons. The third kappa shape index (κ3) is 0.698. The van der Waals surface area contributed by atoms with Crippen LogP contribution in [0.25, 0.3) is 0 Å². The van der Waals surface area contributed by atoms with Gasteiger partial charge in [0.1, 0.15) is 0 Å². The summed E-state index contributed by atoms with van der Waals surface area (Å²) in [6.07, 6.45) is 1.38. The fourth-order valence-electron chi connectivity index (χ4n) is 0.561. The van der Waals surface area contributed by atoms with Gasteiger partial charge in [-0.3, -0.25) is 0 Å². The third-order valence-electron chi connectivity index (χ3n) is 0.906. The van der Waals surface area contributed by atoms with E-state index in [0.29, 0.717) is 0 Å². The molecule has 0 spiro atoms. The van der Waals surface area contributed by atoms with Gasteiger partial charge in [0, 0.05) is 13.0 Å². The van der Waals surface area contributed by atoms with E-state index < -0.39 is 6.29 Å². The van der Waals surface area contributed by atoms with Crippen LogP contribution in [0.5, 0.6) is 0 Å².